The Morgan fingerprint density at radius 2 is 2.17 bits per heavy atom. The molecule has 0 aliphatic carbocycles. The van der Waals surface area contributed by atoms with Crippen LogP contribution in [-0.2, 0) is 4.74 Å². The highest BCUT2D eigenvalue weighted by molar-refractivity contribution is 5.88. The minimum atomic E-state index is 0.101. The first-order valence-corrected chi connectivity index (χ1v) is 10.4. The van der Waals surface area contributed by atoms with Crippen LogP contribution in [0.2, 0.25) is 0 Å². The summed E-state index contributed by atoms with van der Waals surface area (Å²) < 4.78 is 5.78. The van der Waals surface area contributed by atoms with Gasteiger partial charge in [0.05, 0.1) is 23.9 Å². The molecule has 0 saturated carbocycles. The number of nitrogens with zero attached hydrogens (tertiary/aromatic N) is 5. The number of morpholine rings is 1. The summed E-state index contributed by atoms with van der Waals surface area (Å²) >= 11 is 0. The summed E-state index contributed by atoms with van der Waals surface area (Å²) in [7, 11) is 0. The SMILES string of the molecule is N[C@H]1CCN(c2ccc(-c3cc4nccnc4c(NCC4CNCCO4)n3)cn2)C1. The molecule has 0 bridgehead atoms. The summed E-state index contributed by atoms with van der Waals surface area (Å²) in [5.41, 5.74) is 9.32. The number of rotatable bonds is 5. The number of anilines is 2. The highest BCUT2D eigenvalue weighted by Gasteiger charge is 2.20. The van der Waals surface area contributed by atoms with E-state index in [-0.39, 0.29) is 12.1 Å². The number of hydrogen-bond donors (Lipinski definition) is 3. The van der Waals surface area contributed by atoms with Crippen molar-refractivity contribution in [3.63, 3.8) is 0 Å². The minimum Gasteiger partial charge on any atom is -0.374 e. The summed E-state index contributed by atoms with van der Waals surface area (Å²) in [6, 6.07) is 6.26. The van der Waals surface area contributed by atoms with E-state index in [1.165, 1.54) is 0 Å². The molecule has 9 heteroatoms. The number of nitrogens with one attached hydrogen (secondary N) is 2. The van der Waals surface area contributed by atoms with Crippen LogP contribution in [0.15, 0.2) is 36.8 Å². The maximum atomic E-state index is 6.02. The Kier molecular flexibility index (Phi) is 5.39. The zero-order valence-corrected chi connectivity index (χ0v) is 16.8. The average Bonchev–Trinajstić information content (AvgIpc) is 3.24. The van der Waals surface area contributed by atoms with Crippen molar-refractivity contribution in [2.24, 2.45) is 5.73 Å². The van der Waals surface area contributed by atoms with Gasteiger partial charge in [0.1, 0.15) is 11.3 Å². The average molecular weight is 406 g/mol. The van der Waals surface area contributed by atoms with E-state index in [9.17, 15) is 0 Å². The lowest BCUT2D eigenvalue weighted by molar-refractivity contribution is 0.0372. The summed E-state index contributed by atoms with van der Waals surface area (Å²) in [6.07, 6.45) is 6.35. The molecule has 3 aromatic rings. The summed E-state index contributed by atoms with van der Waals surface area (Å²) in [5.74, 6) is 1.66. The first-order chi connectivity index (χ1) is 14.8. The van der Waals surface area contributed by atoms with Crippen molar-refractivity contribution >= 4 is 22.7 Å². The van der Waals surface area contributed by atoms with Gasteiger partial charge >= 0.3 is 0 Å². The molecule has 2 aliphatic heterocycles. The smallest absolute Gasteiger partial charge is 0.154 e. The molecule has 2 fully saturated rings. The Morgan fingerprint density at radius 1 is 1.23 bits per heavy atom. The molecule has 2 saturated heterocycles. The zero-order chi connectivity index (χ0) is 20.3. The van der Waals surface area contributed by atoms with Crippen LogP contribution in [0.25, 0.3) is 22.3 Å². The van der Waals surface area contributed by atoms with Gasteiger partial charge in [-0.1, -0.05) is 0 Å². The van der Waals surface area contributed by atoms with Crippen molar-refractivity contribution in [3.05, 3.63) is 36.8 Å². The molecule has 5 heterocycles. The second kappa shape index (κ2) is 8.47. The fourth-order valence-electron chi connectivity index (χ4n) is 3.92. The van der Waals surface area contributed by atoms with E-state index in [0.29, 0.717) is 12.4 Å². The molecule has 0 amide bonds. The van der Waals surface area contributed by atoms with Crippen LogP contribution >= 0.6 is 0 Å². The van der Waals surface area contributed by atoms with E-state index in [2.05, 4.69) is 36.6 Å². The summed E-state index contributed by atoms with van der Waals surface area (Å²) in [6.45, 7) is 4.89. The van der Waals surface area contributed by atoms with Gasteiger partial charge in [0.15, 0.2) is 5.82 Å². The second-order valence-corrected chi connectivity index (χ2v) is 7.76. The van der Waals surface area contributed by atoms with Crippen LogP contribution in [0, 0.1) is 0 Å². The second-order valence-electron chi connectivity index (χ2n) is 7.76. The van der Waals surface area contributed by atoms with Crippen molar-refractivity contribution in [2.75, 3.05) is 49.5 Å². The molecule has 0 spiro atoms. The van der Waals surface area contributed by atoms with Crippen molar-refractivity contribution in [1.82, 2.24) is 25.3 Å². The third-order valence-corrected chi connectivity index (χ3v) is 5.55. The van der Waals surface area contributed by atoms with Gasteiger partial charge in [-0.3, -0.25) is 4.98 Å². The van der Waals surface area contributed by atoms with E-state index >= 15 is 0 Å². The van der Waals surface area contributed by atoms with Crippen molar-refractivity contribution in [1.29, 1.82) is 0 Å². The van der Waals surface area contributed by atoms with Gasteiger partial charge in [0.2, 0.25) is 0 Å². The number of ether oxygens (including phenoxy) is 1. The van der Waals surface area contributed by atoms with E-state index in [4.69, 9.17) is 15.5 Å². The number of hydrogen-bond acceptors (Lipinski definition) is 9. The van der Waals surface area contributed by atoms with Crippen LogP contribution < -0.4 is 21.3 Å². The topological polar surface area (TPSA) is 114 Å². The lowest BCUT2D eigenvalue weighted by atomic mass is 10.1. The largest absolute Gasteiger partial charge is 0.374 e. The first kappa shape index (κ1) is 19.1. The summed E-state index contributed by atoms with van der Waals surface area (Å²) in [4.78, 5) is 20.7. The number of pyridine rings is 2. The Morgan fingerprint density at radius 3 is 2.93 bits per heavy atom. The van der Waals surface area contributed by atoms with Crippen LogP contribution in [0.3, 0.4) is 0 Å². The normalized spacial score (nSPS) is 21.8. The quantitative estimate of drug-likeness (QED) is 0.571. The maximum absolute atomic E-state index is 6.02. The third-order valence-electron chi connectivity index (χ3n) is 5.55. The Balaban J connectivity index is 1.41. The molecule has 2 aliphatic rings. The number of aromatic nitrogens is 4. The molecule has 0 radical (unpaired) electrons. The predicted molar refractivity (Wildman–Crippen MR) is 116 cm³/mol. The van der Waals surface area contributed by atoms with E-state index in [1.54, 1.807) is 12.4 Å². The monoisotopic (exact) mass is 406 g/mol. The standard InChI is InChI=1S/C21H26N8O/c22-15-3-7-29(13-15)19-2-1-14(10-26-19)17-9-18-20(25-5-4-24-18)21(28-17)27-12-16-11-23-6-8-30-16/h1-2,4-5,9-10,15-16,23H,3,6-8,11-13,22H2,(H,27,28)/t15-,16?/m0/s1. The fourth-order valence-corrected chi connectivity index (χ4v) is 3.92. The van der Waals surface area contributed by atoms with Crippen LogP contribution in [-0.4, -0.2) is 71.4 Å². The molecule has 156 valence electrons. The van der Waals surface area contributed by atoms with Crippen LogP contribution in [0.5, 0.6) is 0 Å². The first-order valence-electron chi connectivity index (χ1n) is 10.4. The van der Waals surface area contributed by atoms with Crippen LogP contribution in [0.1, 0.15) is 6.42 Å². The van der Waals surface area contributed by atoms with Crippen molar-refractivity contribution < 1.29 is 4.74 Å². The Labute approximate surface area is 175 Å². The van der Waals surface area contributed by atoms with Gasteiger partial charge < -0.3 is 26.0 Å². The zero-order valence-electron chi connectivity index (χ0n) is 16.8. The van der Waals surface area contributed by atoms with Gasteiger partial charge in [-0.05, 0) is 24.6 Å². The van der Waals surface area contributed by atoms with Gasteiger partial charge in [0.25, 0.3) is 0 Å². The van der Waals surface area contributed by atoms with Gasteiger partial charge in [-0.2, -0.15) is 0 Å². The van der Waals surface area contributed by atoms with Crippen LogP contribution in [0.4, 0.5) is 11.6 Å². The van der Waals surface area contributed by atoms with Crippen molar-refractivity contribution in [2.45, 2.75) is 18.6 Å². The third kappa shape index (κ3) is 4.04. The van der Waals surface area contributed by atoms with E-state index < -0.39 is 0 Å². The van der Waals surface area contributed by atoms with Gasteiger partial charge in [-0.25, -0.2) is 15.0 Å². The molecule has 30 heavy (non-hydrogen) atoms. The highest BCUT2D eigenvalue weighted by atomic mass is 16.5. The molecule has 1 unspecified atom stereocenters. The molecule has 5 rings (SSSR count). The lowest BCUT2D eigenvalue weighted by Gasteiger charge is -2.24. The molecule has 4 N–H and O–H groups in total. The maximum Gasteiger partial charge on any atom is 0.154 e. The van der Waals surface area contributed by atoms with E-state index in [0.717, 1.165) is 67.3 Å². The number of nitrogens with two attached hydrogens (primary N) is 1. The molecule has 3 aromatic heterocycles. The fraction of sp³-hybridized carbons (Fsp3) is 0.429. The lowest BCUT2D eigenvalue weighted by Crippen LogP contribution is -2.42. The van der Waals surface area contributed by atoms with Gasteiger partial charge in [0, 0.05) is 62.9 Å². The molecule has 2 atom stereocenters. The molecule has 0 aromatic carbocycles. The number of fused-ring (bicyclic) bond motifs is 1. The van der Waals surface area contributed by atoms with Crippen molar-refractivity contribution in [3.8, 4) is 11.3 Å². The molecular formula is C21H26N8O. The Hall–Kier alpha value is -2.88. The molecule has 9 nitrogen and oxygen atoms in total. The van der Waals surface area contributed by atoms with Gasteiger partial charge in [-0.15, -0.1) is 0 Å². The molecular weight excluding hydrogens is 380 g/mol. The van der Waals surface area contributed by atoms with E-state index in [1.807, 2.05) is 18.3 Å². The highest BCUT2D eigenvalue weighted by Crippen LogP contribution is 2.27. The Bertz CT molecular complexity index is 1010. The minimum absolute atomic E-state index is 0.101. The summed E-state index contributed by atoms with van der Waals surface area (Å²) in [5, 5.41) is 6.75. The predicted octanol–water partition coefficient (Wildman–Crippen LogP) is 1.02.